The molecule has 1 aromatic carbocycles. The quantitative estimate of drug-likeness (QED) is 0.875. The van der Waals surface area contributed by atoms with Crippen LogP contribution >= 0.6 is 22.9 Å². The Kier molecular flexibility index (Phi) is 3.23. The predicted molar refractivity (Wildman–Crippen MR) is 65.6 cm³/mol. The van der Waals surface area contributed by atoms with E-state index in [1.54, 1.807) is 11.3 Å². The van der Waals surface area contributed by atoms with Gasteiger partial charge in [-0.3, -0.25) is 0 Å². The number of anilines is 1. The van der Waals surface area contributed by atoms with Gasteiger partial charge in [0.2, 0.25) is 0 Å². The summed E-state index contributed by atoms with van der Waals surface area (Å²) in [6.45, 7) is 2.09. The zero-order chi connectivity index (χ0) is 10.7. The van der Waals surface area contributed by atoms with E-state index >= 15 is 0 Å². The molecule has 78 valence electrons. The lowest BCUT2D eigenvalue weighted by Gasteiger charge is -2.12. The Morgan fingerprint density at radius 1 is 1.33 bits per heavy atom. The van der Waals surface area contributed by atoms with E-state index in [0.717, 1.165) is 16.4 Å². The van der Waals surface area contributed by atoms with Crippen LogP contribution < -0.4 is 5.32 Å². The van der Waals surface area contributed by atoms with E-state index in [9.17, 15) is 0 Å². The van der Waals surface area contributed by atoms with Crippen LogP contribution in [0.3, 0.4) is 0 Å². The van der Waals surface area contributed by atoms with Crippen molar-refractivity contribution in [3.63, 3.8) is 0 Å². The number of nitrogens with zero attached hydrogens (tertiary/aromatic N) is 1. The van der Waals surface area contributed by atoms with Crippen molar-refractivity contribution in [1.29, 1.82) is 0 Å². The predicted octanol–water partition coefficient (Wildman–Crippen LogP) is 3.97. The summed E-state index contributed by atoms with van der Waals surface area (Å²) in [5.41, 5.74) is 3.96. The number of hydrogen-bond donors (Lipinski definition) is 1. The molecule has 0 aliphatic rings. The van der Waals surface area contributed by atoms with Crippen molar-refractivity contribution >= 4 is 28.6 Å². The Labute approximate surface area is 97.9 Å². The highest BCUT2D eigenvalue weighted by Crippen LogP contribution is 2.20. The number of aromatic nitrogens is 1. The third-order valence-corrected chi connectivity index (χ3v) is 2.98. The molecule has 1 heterocycles. The summed E-state index contributed by atoms with van der Waals surface area (Å²) < 4.78 is 0. The largest absolute Gasteiger partial charge is 0.377 e. The Bertz CT molecular complexity index is 411. The molecule has 1 unspecified atom stereocenters. The van der Waals surface area contributed by atoms with E-state index < -0.39 is 0 Å². The summed E-state index contributed by atoms with van der Waals surface area (Å²) >= 11 is 7.42. The fourth-order valence-electron chi connectivity index (χ4n) is 1.31. The first-order valence-corrected chi connectivity index (χ1v) is 5.98. The summed E-state index contributed by atoms with van der Waals surface area (Å²) in [5.74, 6) is 0. The van der Waals surface area contributed by atoms with Crippen LogP contribution in [0.1, 0.15) is 18.7 Å². The van der Waals surface area contributed by atoms with Crippen LogP contribution in [0.5, 0.6) is 0 Å². The maximum absolute atomic E-state index is 5.81. The number of thiazole rings is 1. The third-order valence-electron chi connectivity index (χ3n) is 2.12. The molecule has 15 heavy (non-hydrogen) atoms. The minimum absolute atomic E-state index is 0.220. The Hall–Kier alpha value is -1.06. The normalized spacial score (nSPS) is 12.4. The van der Waals surface area contributed by atoms with Gasteiger partial charge in [0.1, 0.15) is 0 Å². The van der Waals surface area contributed by atoms with E-state index in [1.165, 1.54) is 0 Å². The molecule has 0 bridgehead atoms. The van der Waals surface area contributed by atoms with Gasteiger partial charge in [0.05, 0.1) is 17.2 Å². The summed E-state index contributed by atoms with van der Waals surface area (Å²) in [6, 6.07) is 7.89. The lowest BCUT2D eigenvalue weighted by atomic mass is 10.2. The second kappa shape index (κ2) is 4.64. The fourth-order valence-corrected chi connectivity index (χ4v) is 2.08. The van der Waals surface area contributed by atoms with E-state index in [1.807, 2.05) is 35.2 Å². The molecular weight excluding hydrogens is 228 g/mol. The molecule has 2 aromatic rings. The van der Waals surface area contributed by atoms with Gasteiger partial charge in [0, 0.05) is 16.1 Å². The molecule has 0 saturated carbocycles. The maximum Gasteiger partial charge on any atom is 0.0795 e. The number of benzene rings is 1. The van der Waals surface area contributed by atoms with E-state index in [-0.39, 0.29) is 6.04 Å². The smallest absolute Gasteiger partial charge is 0.0795 e. The number of nitrogens with one attached hydrogen (secondary N) is 1. The summed E-state index contributed by atoms with van der Waals surface area (Å²) in [5, 5.41) is 6.16. The van der Waals surface area contributed by atoms with Crippen LogP contribution in [-0.2, 0) is 0 Å². The molecule has 0 fully saturated rings. The average molecular weight is 239 g/mol. The Morgan fingerprint density at radius 2 is 2.07 bits per heavy atom. The summed E-state index contributed by atoms with van der Waals surface area (Å²) in [7, 11) is 0. The van der Waals surface area contributed by atoms with Gasteiger partial charge in [-0.1, -0.05) is 11.6 Å². The van der Waals surface area contributed by atoms with Gasteiger partial charge in [0.15, 0.2) is 0 Å². The molecule has 2 nitrogen and oxygen atoms in total. The zero-order valence-electron chi connectivity index (χ0n) is 8.27. The zero-order valence-corrected chi connectivity index (χ0v) is 9.85. The fraction of sp³-hybridized carbons (Fsp3) is 0.182. The van der Waals surface area contributed by atoms with Crippen LogP contribution in [0, 0.1) is 0 Å². The minimum Gasteiger partial charge on any atom is -0.377 e. The third kappa shape index (κ3) is 2.70. The lowest BCUT2D eigenvalue weighted by Crippen LogP contribution is -2.06. The highest BCUT2D eigenvalue weighted by molar-refractivity contribution is 7.07. The molecule has 2 rings (SSSR count). The Balaban J connectivity index is 2.06. The molecule has 4 heteroatoms. The van der Waals surface area contributed by atoms with Crippen molar-refractivity contribution < 1.29 is 0 Å². The standard InChI is InChI=1S/C11H11ClN2S/c1-8(11-6-15-7-13-11)14-10-4-2-9(12)3-5-10/h2-8,14H,1H3. The summed E-state index contributed by atoms with van der Waals surface area (Å²) in [6.07, 6.45) is 0. The van der Waals surface area contributed by atoms with E-state index in [0.29, 0.717) is 0 Å². The lowest BCUT2D eigenvalue weighted by molar-refractivity contribution is 0.850. The first kappa shape index (κ1) is 10.5. The molecule has 0 spiro atoms. The van der Waals surface area contributed by atoms with Crippen molar-refractivity contribution in [3.8, 4) is 0 Å². The Morgan fingerprint density at radius 3 is 2.67 bits per heavy atom. The molecule has 0 saturated heterocycles. The first-order chi connectivity index (χ1) is 7.25. The van der Waals surface area contributed by atoms with Crippen molar-refractivity contribution in [3.05, 3.63) is 45.9 Å². The van der Waals surface area contributed by atoms with Crippen molar-refractivity contribution in [2.45, 2.75) is 13.0 Å². The number of halogens is 1. The molecule has 0 aliphatic carbocycles. The van der Waals surface area contributed by atoms with Crippen LogP contribution in [0.2, 0.25) is 5.02 Å². The SMILES string of the molecule is CC(Nc1ccc(Cl)cc1)c1cscn1. The van der Waals surface area contributed by atoms with Gasteiger partial charge in [-0.05, 0) is 31.2 Å². The number of rotatable bonds is 3. The van der Waals surface area contributed by atoms with Crippen LogP contribution in [-0.4, -0.2) is 4.98 Å². The molecule has 1 aromatic heterocycles. The maximum atomic E-state index is 5.81. The molecule has 0 aliphatic heterocycles. The molecule has 0 amide bonds. The summed E-state index contributed by atoms with van der Waals surface area (Å²) in [4.78, 5) is 4.26. The average Bonchev–Trinajstić information content (AvgIpc) is 2.74. The van der Waals surface area contributed by atoms with E-state index in [2.05, 4.69) is 17.2 Å². The van der Waals surface area contributed by atoms with E-state index in [4.69, 9.17) is 11.6 Å². The molecule has 0 radical (unpaired) electrons. The molecule has 1 N–H and O–H groups in total. The molecular formula is C11H11ClN2S. The second-order valence-electron chi connectivity index (χ2n) is 3.29. The first-order valence-electron chi connectivity index (χ1n) is 4.66. The van der Waals surface area contributed by atoms with Gasteiger partial charge < -0.3 is 5.32 Å². The van der Waals surface area contributed by atoms with Crippen LogP contribution in [0.25, 0.3) is 0 Å². The van der Waals surface area contributed by atoms with Crippen molar-refractivity contribution in [2.75, 3.05) is 5.32 Å². The highest BCUT2D eigenvalue weighted by atomic mass is 35.5. The monoisotopic (exact) mass is 238 g/mol. The topological polar surface area (TPSA) is 24.9 Å². The van der Waals surface area contributed by atoms with Gasteiger partial charge in [-0.25, -0.2) is 4.98 Å². The van der Waals surface area contributed by atoms with Gasteiger partial charge in [-0.2, -0.15) is 0 Å². The van der Waals surface area contributed by atoms with Gasteiger partial charge in [0.25, 0.3) is 0 Å². The number of hydrogen-bond acceptors (Lipinski definition) is 3. The van der Waals surface area contributed by atoms with Gasteiger partial charge >= 0.3 is 0 Å². The minimum atomic E-state index is 0.220. The van der Waals surface area contributed by atoms with Crippen LogP contribution in [0.4, 0.5) is 5.69 Å². The molecule has 1 atom stereocenters. The second-order valence-corrected chi connectivity index (χ2v) is 4.44. The van der Waals surface area contributed by atoms with Crippen molar-refractivity contribution in [2.24, 2.45) is 0 Å². The van der Waals surface area contributed by atoms with Gasteiger partial charge in [-0.15, -0.1) is 11.3 Å². The van der Waals surface area contributed by atoms with Crippen molar-refractivity contribution in [1.82, 2.24) is 4.98 Å². The highest BCUT2D eigenvalue weighted by Gasteiger charge is 2.06. The van der Waals surface area contributed by atoms with Crippen LogP contribution in [0.15, 0.2) is 35.2 Å².